The van der Waals surface area contributed by atoms with E-state index in [0.717, 1.165) is 0 Å². The fourth-order valence-corrected chi connectivity index (χ4v) is 6.24. The highest BCUT2D eigenvalue weighted by Gasteiger charge is 2.50. The van der Waals surface area contributed by atoms with Crippen LogP contribution in [-0.2, 0) is 0 Å². The zero-order valence-electron chi connectivity index (χ0n) is 20.2. The smallest absolute Gasteiger partial charge is 0.0166 e. The Kier molecular flexibility index (Phi) is 5.24. The molecule has 2 atom stereocenters. The van der Waals surface area contributed by atoms with E-state index in [1.807, 2.05) is 6.08 Å². The van der Waals surface area contributed by atoms with Gasteiger partial charge in [-0.25, -0.2) is 0 Å². The topological polar surface area (TPSA) is 0 Å². The molecule has 1 fully saturated rings. The molecule has 2 unspecified atom stereocenters. The molecule has 160 valence electrons. The van der Waals surface area contributed by atoms with Crippen molar-refractivity contribution in [1.29, 1.82) is 0 Å². The number of benzene rings is 1. The fraction of sp³-hybridized carbons (Fsp3) is 0.355. The first-order valence-electron chi connectivity index (χ1n) is 11.6. The molecule has 0 heterocycles. The van der Waals surface area contributed by atoms with Gasteiger partial charge in [-0.2, -0.15) is 0 Å². The van der Waals surface area contributed by atoms with Crippen LogP contribution in [0.3, 0.4) is 0 Å². The van der Waals surface area contributed by atoms with Gasteiger partial charge in [0, 0.05) is 11.3 Å². The number of allylic oxidation sites excluding steroid dienone is 13. The lowest BCUT2D eigenvalue weighted by Crippen LogP contribution is -2.23. The molecule has 0 N–H and O–H groups in total. The Bertz CT molecular complexity index is 1120. The Labute approximate surface area is 189 Å². The second kappa shape index (κ2) is 7.52. The molecule has 3 aliphatic rings. The molecular formula is C31H36. The molecule has 0 amide bonds. The highest BCUT2D eigenvalue weighted by atomic mass is 14.5. The van der Waals surface area contributed by atoms with Crippen molar-refractivity contribution in [3.8, 4) is 0 Å². The monoisotopic (exact) mass is 408 g/mol. The summed E-state index contributed by atoms with van der Waals surface area (Å²) in [6, 6.07) is 8.98. The molecule has 4 rings (SSSR count). The SMILES string of the molecule is C=C/C=C1/C(/C=C2\C(=C/C)C3c4ccccc4C(C)=CC3C2(C)C)=CC(C)(C)/C1=C/C. The van der Waals surface area contributed by atoms with E-state index in [9.17, 15) is 0 Å². The summed E-state index contributed by atoms with van der Waals surface area (Å²) in [5, 5.41) is 0. The van der Waals surface area contributed by atoms with Gasteiger partial charge in [-0.1, -0.05) is 101 Å². The first-order chi connectivity index (χ1) is 14.7. The number of hydrogen-bond acceptors (Lipinski definition) is 0. The van der Waals surface area contributed by atoms with Gasteiger partial charge >= 0.3 is 0 Å². The molecule has 0 bridgehead atoms. The largest absolute Gasteiger partial charge is 0.0990 e. The van der Waals surface area contributed by atoms with E-state index in [-0.39, 0.29) is 10.8 Å². The second-order valence-corrected chi connectivity index (χ2v) is 10.3. The van der Waals surface area contributed by atoms with Gasteiger partial charge in [0.1, 0.15) is 0 Å². The van der Waals surface area contributed by atoms with E-state index in [0.29, 0.717) is 11.8 Å². The van der Waals surface area contributed by atoms with Gasteiger partial charge in [-0.3, -0.25) is 0 Å². The van der Waals surface area contributed by atoms with Crippen LogP contribution in [0.4, 0.5) is 0 Å². The maximum atomic E-state index is 3.99. The molecule has 0 spiro atoms. The van der Waals surface area contributed by atoms with Gasteiger partial charge in [0.2, 0.25) is 0 Å². The van der Waals surface area contributed by atoms with E-state index in [1.165, 1.54) is 44.6 Å². The number of rotatable bonds is 2. The van der Waals surface area contributed by atoms with Crippen molar-refractivity contribution in [2.75, 3.05) is 0 Å². The minimum atomic E-state index is 0.0324. The predicted molar refractivity (Wildman–Crippen MR) is 136 cm³/mol. The molecule has 0 saturated heterocycles. The van der Waals surface area contributed by atoms with Crippen LogP contribution in [0.15, 0.2) is 101 Å². The van der Waals surface area contributed by atoms with Gasteiger partial charge < -0.3 is 0 Å². The maximum absolute atomic E-state index is 3.99. The lowest BCUT2D eigenvalue weighted by atomic mass is 9.70. The molecule has 0 heteroatoms. The van der Waals surface area contributed by atoms with E-state index < -0.39 is 0 Å². The quantitative estimate of drug-likeness (QED) is 0.459. The molecule has 3 aliphatic carbocycles. The Morgan fingerprint density at radius 1 is 0.968 bits per heavy atom. The van der Waals surface area contributed by atoms with E-state index >= 15 is 0 Å². The lowest BCUT2D eigenvalue weighted by Gasteiger charge is -2.33. The third-order valence-electron chi connectivity index (χ3n) is 7.68. The van der Waals surface area contributed by atoms with E-state index in [1.54, 1.807) is 0 Å². The zero-order valence-corrected chi connectivity index (χ0v) is 20.2. The minimum absolute atomic E-state index is 0.0324. The summed E-state index contributed by atoms with van der Waals surface area (Å²) in [5.41, 5.74) is 11.4. The fourth-order valence-electron chi connectivity index (χ4n) is 6.24. The molecule has 0 nitrogen and oxygen atoms in total. The average Bonchev–Trinajstić information content (AvgIpc) is 3.09. The van der Waals surface area contributed by atoms with Crippen LogP contribution in [0, 0.1) is 16.7 Å². The van der Waals surface area contributed by atoms with Gasteiger partial charge in [-0.05, 0) is 76.7 Å². The summed E-state index contributed by atoms with van der Waals surface area (Å²) in [5.74, 6) is 0.900. The summed E-state index contributed by atoms with van der Waals surface area (Å²) in [7, 11) is 0. The molecule has 1 saturated carbocycles. The third-order valence-corrected chi connectivity index (χ3v) is 7.68. The Hall–Kier alpha value is -2.60. The van der Waals surface area contributed by atoms with Crippen molar-refractivity contribution in [1.82, 2.24) is 0 Å². The van der Waals surface area contributed by atoms with Crippen LogP contribution in [-0.4, -0.2) is 0 Å². The highest BCUT2D eigenvalue weighted by Crippen LogP contribution is 2.62. The predicted octanol–water partition coefficient (Wildman–Crippen LogP) is 8.74. The van der Waals surface area contributed by atoms with Crippen LogP contribution in [0.1, 0.15) is 65.5 Å². The molecule has 1 aromatic rings. The van der Waals surface area contributed by atoms with Gasteiger partial charge in [0.05, 0.1) is 0 Å². The first-order valence-corrected chi connectivity index (χ1v) is 11.6. The van der Waals surface area contributed by atoms with Gasteiger partial charge in [-0.15, -0.1) is 0 Å². The standard InChI is InChI=1S/C31H36/c1-9-14-24-21(19-30(5,6)26(24)11-3)18-27-22(10-2)29-25-16-13-12-15-23(25)20(4)17-28(29)31(27,7)8/h9-19,28-29H,1H2,2-8H3/b22-10+,24-14-,26-11+,27-18+. The van der Waals surface area contributed by atoms with Crippen molar-refractivity contribution in [3.05, 3.63) is 112 Å². The van der Waals surface area contributed by atoms with Crippen LogP contribution >= 0.6 is 0 Å². The normalized spacial score (nSPS) is 31.1. The van der Waals surface area contributed by atoms with E-state index in [4.69, 9.17) is 0 Å². The van der Waals surface area contributed by atoms with Crippen molar-refractivity contribution < 1.29 is 0 Å². The number of hydrogen-bond donors (Lipinski definition) is 0. The van der Waals surface area contributed by atoms with Crippen molar-refractivity contribution in [2.45, 2.75) is 54.4 Å². The summed E-state index contributed by atoms with van der Waals surface area (Å²) in [6.45, 7) is 20.1. The van der Waals surface area contributed by atoms with Crippen molar-refractivity contribution in [3.63, 3.8) is 0 Å². The summed E-state index contributed by atoms with van der Waals surface area (Å²) >= 11 is 0. The molecule has 0 aromatic heterocycles. The van der Waals surface area contributed by atoms with Crippen molar-refractivity contribution >= 4 is 5.57 Å². The van der Waals surface area contributed by atoms with Crippen LogP contribution in [0.25, 0.3) is 5.57 Å². The average molecular weight is 409 g/mol. The molecule has 0 aliphatic heterocycles. The summed E-state index contributed by atoms with van der Waals surface area (Å²) < 4.78 is 0. The maximum Gasteiger partial charge on any atom is 0.0166 e. The summed E-state index contributed by atoms with van der Waals surface area (Å²) in [6.07, 6.45) is 16.2. The van der Waals surface area contributed by atoms with Crippen LogP contribution in [0.5, 0.6) is 0 Å². The molecule has 0 radical (unpaired) electrons. The molecule has 1 aromatic carbocycles. The van der Waals surface area contributed by atoms with Crippen LogP contribution < -0.4 is 0 Å². The molecule has 31 heavy (non-hydrogen) atoms. The highest BCUT2D eigenvalue weighted by molar-refractivity contribution is 5.74. The third kappa shape index (κ3) is 3.19. The molecular weight excluding hydrogens is 372 g/mol. The minimum Gasteiger partial charge on any atom is -0.0990 e. The van der Waals surface area contributed by atoms with E-state index in [2.05, 4.69) is 116 Å². The lowest BCUT2D eigenvalue weighted by molar-refractivity contribution is 0.344. The Morgan fingerprint density at radius 2 is 1.68 bits per heavy atom. The van der Waals surface area contributed by atoms with Crippen molar-refractivity contribution in [2.24, 2.45) is 16.7 Å². The summed E-state index contributed by atoms with van der Waals surface area (Å²) in [4.78, 5) is 0. The first kappa shape index (κ1) is 21.6. The Morgan fingerprint density at radius 3 is 2.32 bits per heavy atom. The zero-order chi connectivity index (χ0) is 22.6. The van der Waals surface area contributed by atoms with Gasteiger partial charge in [0.15, 0.2) is 0 Å². The second-order valence-electron chi connectivity index (χ2n) is 10.3. The Balaban J connectivity index is 1.92. The van der Waals surface area contributed by atoms with Crippen LogP contribution in [0.2, 0.25) is 0 Å². The van der Waals surface area contributed by atoms with Gasteiger partial charge in [0.25, 0.3) is 0 Å². The number of fused-ring (bicyclic) bond motifs is 3.